The first kappa shape index (κ1) is 16.8. The van der Waals surface area contributed by atoms with E-state index in [1.165, 1.54) is 11.6 Å². The van der Waals surface area contributed by atoms with E-state index in [1.54, 1.807) is 0 Å². The Hall–Kier alpha value is -2.08. The zero-order valence-electron chi connectivity index (χ0n) is 13.1. The number of ether oxygens (including phenoxy) is 1. The van der Waals surface area contributed by atoms with Crippen LogP contribution in [0, 0.1) is 5.92 Å². The van der Waals surface area contributed by atoms with Gasteiger partial charge in [0.15, 0.2) is 0 Å². The van der Waals surface area contributed by atoms with Gasteiger partial charge in [-0.15, -0.1) is 0 Å². The third-order valence-corrected chi connectivity index (χ3v) is 4.34. The van der Waals surface area contributed by atoms with Gasteiger partial charge >= 0.3 is 6.18 Å². The molecule has 0 unspecified atom stereocenters. The summed E-state index contributed by atoms with van der Waals surface area (Å²) in [5.74, 6) is 0.854. The van der Waals surface area contributed by atoms with Gasteiger partial charge in [-0.05, 0) is 30.5 Å². The van der Waals surface area contributed by atoms with E-state index >= 15 is 0 Å². The molecule has 2 aromatic rings. The van der Waals surface area contributed by atoms with Gasteiger partial charge in [0.1, 0.15) is 0 Å². The average molecular weight is 336 g/mol. The second-order valence-electron chi connectivity index (χ2n) is 5.96. The Balaban J connectivity index is 1.64. The van der Waals surface area contributed by atoms with Crippen molar-refractivity contribution < 1.29 is 17.9 Å². The normalized spacial score (nSPS) is 21.5. The molecule has 128 valence electrons. The van der Waals surface area contributed by atoms with E-state index in [0.29, 0.717) is 12.5 Å². The standard InChI is InChI=1S/C18H19F3N2O/c19-18(20,21)15-6-7-17(23-11-15)24-12-14-10-22-9-8-16(14)13-4-2-1-3-5-13/h1-7,11,14,16,22H,8-10,12H2/t14-,16-/m1/s1. The van der Waals surface area contributed by atoms with Crippen LogP contribution in [0.5, 0.6) is 5.88 Å². The van der Waals surface area contributed by atoms with E-state index in [4.69, 9.17) is 4.74 Å². The summed E-state index contributed by atoms with van der Waals surface area (Å²) in [7, 11) is 0. The summed E-state index contributed by atoms with van der Waals surface area (Å²) in [4.78, 5) is 3.76. The highest BCUT2D eigenvalue weighted by Crippen LogP contribution is 2.31. The Morgan fingerprint density at radius 3 is 2.58 bits per heavy atom. The van der Waals surface area contributed by atoms with Gasteiger partial charge in [-0.3, -0.25) is 0 Å². The molecule has 1 saturated heterocycles. The molecule has 2 atom stereocenters. The number of alkyl halides is 3. The largest absolute Gasteiger partial charge is 0.477 e. The number of rotatable bonds is 4. The maximum atomic E-state index is 12.5. The number of benzene rings is 1. The Kier molecular flexibility index (Phi) is 5.04. The quantitative estimate of drug-likeness (QED) is 0.920. The van der Waals surface area contributed by atoms with Crippen LogP contribution >= 0.6 is 0 Å². The lowest BCUT2D eigenvalue weighted by atomic mass is 9.81. The van der Waals surface area contributed by atoms with E-state index in [9.17, 15) is 13.2 Å². The Morgan fingerprint density at radius 1 is 1.12 bits per heavy atom. The summed E-state index contributed by atoms with van der Waals surface area (Å²) < 4.78 is 43.3. The van der Waals surface area contributed by atoms with Gasteiger partial charge in [-0.2, -0.15) is 13.2 Å². The SMILES string of the molecule is FC(F)(F)c1ccc(OC[C@H]2CNCC[C@@H]2c2ccccc2)nc1. The molecule has 1 aliphatic rings. The first-order valence-electron chi connectivity index (χ1n) is 7.96. The smallest absolute Gasteiger partial charge is 0.417 e. The molecule has 1 N–H and O–H groups in total. The zero-order chi connectivity index (χ0) is 17.0. The molecule has 6 heteroatoms. The molecule has 1 aromatic heterocycles. The van der Waals surface area contributed by atoms with Gasteiger partial charge in [0, 0.05) is 24.7 Å². The van der Waals surface area contributed by atoms with Gasteiger partial charge in [0.2, 0.25) is 5.88 Å². The van der Waals surface area contributed by atoms with Crippen LogP contribution in [-0.2, 0) is 6.18 Å². The molecule has 1 aromatic carbocycles. The molecule has 1 fully saturated rings. The fourth-order valence-corrected chi connectivity index (χ4v) is 3.06. The maximum Gasteiger partial charge on any atom is 0.417 e. The highest BCUT2D eigenvalue weighted by Gasteiger charge is 2.31. The molecule has 0 spiro atoms. The minimum atomic E-state index is -4.38. The maximum absolute atomic E-state index is 12.5. The van der Waals surface area contributed by atoms with Crippen LogP contribution in [0.4, 0.5) is 13.2 Å². The van der Waals surface area contributed by atoms with Crippen molar-refractivity contribution in [3.63, 3.8) is 0 Å². The molecule has 2 heterocycles. The van der Waals surface area contributed by atoms with Crippen LogP contribution in [0.3, 0.4) is 0 Å². The lowest BCUT2D eigenvalue weighted by Crippen LogP contribution is -2.38. The summed E-state index contributed by atoms with van der Waals surface area (Å²) in [6, 6.07) is 12.5. The second-order valence-corrected chi connectivity index (χ2v) is 5.96. The van der Waals surface area contributed by atoms with Crippen molar-refractivity contribution in [2.45, 2.75) is 18.5 Å². The number of piperidine rings is 1. The highest BCUT2D eigenvalue weighted by atomic mass is 19.4. The van der Waals surface area contributed by atoms with Crippen molar-refractivity contribution in [2.75, 3.05) is 19.7 Å². The number of nitrogens with zero attached hydrogens (tertiary/aromatic N) is 1. The van der Waals surface area contributed by atoms with Crippen LogP contribution in [0.1, 0.15) is 23.5 Å². The number of pyridine rings is 1. The minimum absolute atomic E-state index is 0.223. The highest BCUT2D eigenvalue weighted by molar-refractivity contribution is 5.22. The molecular weight excluding hydrogens is 317 g/mol. The van der Waals surface area contributed by atoms with E-state index in [-0.39, 0.29) is 11.8 Å². The summed E-state index contributed by atoms with van der Waals surface area (Å²) in [6.45, 7) is 2.19. The molecule has 24 heavy (non-hydrogen) atoms. The van der Waals surface area contributed by atoms with Crippen molar-refractivity contribution in [1.29, 1.82) is 0 Å². The van der Waals surface area contributed by atoms with Crippen molar-refractivity contribution >= 4 is 0 Å². The van der Waals surface area contributed by atoms with E-state index < -0.39 is 11.7 Å². The number of hydrogen-bond acceptors (Lipinski definition) is 3. The fourth-order valence-electron chi connectivity index (χ4n) is 3.06. The van der Waals surface area contributed by atoms with E-state index in [1.807, 2.05) is 18.2 Å². The van der Waals surface area contributed by atoms with Gasteiger partial charge in [-0.1, -0.05) is 30.3 Å². The van der Waals surface area contributed by atoms with Crippen LogP contribution in [0.2, 0.25) is 0 Å². The van der Waals surface area contributed by atoms with Crippen molar-refractivity contribution in [1.82, 2.24) is 10.3 Å². The average Bonchev–Trinajstić information content (AvgIpc) is 2.60. The number of halogens is 3. The summed E-state index contributed by atoms with van der Waals surface area (Å²) in [6.07, 6.45) is -2.56. The lowest BCUT2D eigenvalue weighted by molar-refractivity contribution is -0.137. The van der Waals surface area contributed by atoms with Crippen molar-refractivity contribution in [2.24, 2.45) is 5.92 Å². The summed E-state index contributed by atoms with van der Waals surface area (Å²) in [5.41, 5.74) is 0.504. The molecule has 0 radical (unpaired) electrons. The number of hydrogen-bond donors (Lipinski definition) is 1. The molecule has 0 saturated carbocycles. The number of nitrogens with one attached hydrogen (secondary N) is 1. The zero-order valence-corrected chi connectivity index (χ0v) is 13.1. The number of aromatic nitrogens is 1. The Bertz CT molecular complexity index is 644. The molecule has 1 aliphatic heterocycles. The fraction of sp³-hybridized carbons (Fsp3) is 0.389. The van der Waals surface area contributed by atoms with Gasteiger partial charge in [0.25, 0.3) is 0 Å². The molecule has 3 rings (SSSR count). The third kappa shape index (κ3) is 4.06. The van der Waals surface area contributed by atoms with Crippen LogP contribution in [-0.4, -0.2) is 24.7 Å². The van der Waals surface area contributed by atoms with E-state index in [2.05, 4.69) is 22.4 Å². The predicted octanol–water partition coefficient (Wildman–Crippen LogP) is 3.87. The molecule has 0 bridgehead atoms. The first-order valence-corrected chi connectivity index (χ1v) is 7.96. The third-order valence-electron chi connectivity index (χ3n) is 4.34. The van der Waals surface area contributed by atoms with Crippen LogP contribution in [0.15, 0.2) is 48.7 Å². The molecule has 0 amide bonds. The van der Waals surface area contributed by atoms with Crippen LogP contribution < -0.4 is 10.1 Å². The van der Waals surface area contributed by atoms with E-state index in [0.717, 1.165) is 31.8 Å². The second kappa shape index (κ2) is 7.21. The minimum Gasteiger partial charge on any atom is -0.477 e. The first-order chi connectivity index (χ1) is 11.5. The predicted molar refractivity (Wildman–Crippen MR) is 84.9 cm³/mol. The summed E-state index contributed by atoms with van der Waals surface area (Å²) in [5, 5.41) is 3.35. The lowest BCUT2D eigenvalue weighted by Gasteiger charge is -2.32. The summed E-state index contributed by atoms with van der Waals surface area (Å²) >= 11 is 0. The van der Waals surface area contributed by atoms with Gasteiger partial charge in [0.05, 0.1) is 12.2 Å². The Labute approximate surface area is 138 Å². The molecule has 3 nitrogen and oxygen atoms in total. The van der Waals surface area contributed by atoms with Gasteiger partial charge in [-0.25, -0.2) is 4.98 Å². The monoisotopic (exact) mass is 336 g/mol. The topological polar surface area (TPSA) is 34.1 Å². The van der Waals surface area contributed by atoms with Crippen molar-refractivity contribution in [3.05, 3.63) is 59.8 Å². The molecular formula is C18H19F3N2O. The molecule has 0 aliphatic carbocycles. The van der Waals surface area contributed by atoms with Crippen LogP contribution in [0.25, 0.3) is 0 Å². The Morgan fingerprint density at radius 2 is 1.92 bits per heavy atom. The van der Waals surface area contributed by atoms with Gasteiger partial charge < -0.3 is 10.1 Å². The van der Waals surface area contributed by atoms with Crippen molar-refractivity contribution in [3.8, 4) is 5.88 Å².